The molecule has 0 fully saturated rings. The molecule has 1 aromatic carbocycles. The van der Waals surface area contributed by atoms with Crippen molar-refractivity contribution in [3.63, 3.8) is 0 Å². The van der Waals surface area contributed by atoms with Gasteiger partial charge in [-0.3, -0.25) is 9.59 Å². The molecule has 0 aliphatic heterocycles. The van der Waals surface area contributed by atoms with E-state index in [1.54, 1.807) is 30.3 Å². The standard InChI is InChI=1S/C7H6O2.C4H6O4.2Mg.4H/c8-7(9)6-4-2-1-3-5-6;5-3(6)1-2-4(7)8;;;;;;/h1-5H,(H,8,9);1-2H2,(H,5,6)(H,7,8);;;;;;/q;;2*+2;4*-1. The molecule has 0 amide bonds. The maximum atomic E-state index is 10.2. The number of aliphatic carboxylic acids is 2. The molecule has 0 saturated carbocycles. The Morgan fingerprint density at radius 2 is 1.21 bits per heavy atom. The quantitative estimate of drug-likeness (QED) is 0.714. The van der Waals surface area contributed by atoms with Crippen LogP contribution in [0.2, 0.25) is 0 Å². The van der Waals surface area contributed by atoms with Crippen LogP contribution in [-0.2, 0) is 9.59 Å². The van der Waals surface area contributed by atoms with Gasteiger partial charge in [0.2, 0.25) is 0 Å². The summed E-state index contributed by atoms with van der Waals surface area (Å²) in [6.45, 7) is 0. The molecule has 1 aromatic rings. The van der Waals surface area contributed by atoms with Crippen LogP contribution in [0.4, 0.5) is 0 Å². The average Bonchev–Trinajstić information content (AvgIpc) is 2.28. The van der Waals surface area contributed by atoms with Crippen molar-refractivity contribution in [2.75, 3.05) is 0 Å². The topological polar surface area (TPSA) is 112 Å². The van der Waals surface area contributed by atoms with Crippen LogP contribution in [-0.4, -0.2) is 79.3 Å². The third kappa shape index (κ3) is 15.1. The monoisotopic (exact) mass is 292 g/mol. The Balaban J connectivity index is -0.0000000355. The summed E-state index contributed by atoms with van der Waals surface area (Å²) in [6.07, 6.45) is -0.593. The molecule has 1 rings (SSSR count). The van der Waals surface area contributed by atoms with Crippen molar-refractivity contribution in [1.29, 1.82) is 0 Å². The number of rotatable bonds is 4. The predicted molar refractivity (Wildman–Crippen MR) is 73.9 cm³/mol. The first-order valence-electron chi connectivity index (χ1n) is 4.65. The first-order chi connectivity index (χ1) is 7.93. The van der Waals surface area contributed by atoms with Gasteiger partial charge in [0.1, 0.15) is 0 Å². The normalized spacial score (nSPS) is 7.79. The maximum absolute atomic E-state index is 10.2. The Kier molecular flexibility index (Phi) is 16.6. The van der Waals surface area contributed by atoms with E-state index in [-0.39, 0.29) is 64.7 Å². The predicted octanol–water partition coefficient (Wildman–Crippen LogP) is 1.01. The number of aromatic carboxylic acids is 1. The summed E-state index contributed by atoms with van der Waals surface area (Å²) in [5, 5.41) is 24.2. The Labute approximate surface area is 148 Å². The molecular weight excluding hydrogens is 277 g/mol. The zero-order chi connectivity index (χ0) is 13.3. The van der Waals surface area contributed by atoms with Gasteiger partial charge in [0.25, 0.3) is 0 Å². The number of carbonyl (C=O) groups is 3. The van der Waals surface area contributed by atoms with E-state index in [0.29, 0.717) is 5.56 Å². The van der Waals surface area contributed by atoms with E-state index in [1.807, 2.05) is 0 Å². The van der Waals surface area contributed by atoms with Crippen molar-refractivity contribution >= 4 is 64.0 Å². The zero-order valence-electron chi connectivity index (χ0n) is 14.3. The molecule has 0 aromatic heterocycles. The summed E-state index contributed by atoms with van der Waals surface area (Å²) < 4.78 is 0. The van der Waals surface area contributed by atoms with Gasteiger partial charge < -0.3 is 21.0 Å². The molecule has 3 N–H and O–H groups in total. The summed E-state index contributed by atoms with van der Waals surface area (Å²) in [4.78, 5) is 29.5. The van der Waals surface area contributed by atoms with Crippen molar-refractivity contribution in [2.24, 2.45) is 0 Å². The van der Waals surface area contributed by atoms with Gasteiger partial charge in [-0.2, -0.15) is 0 Å². The molecule has 19 heavy (non-hydrogen) atoms. The average molecular weight is 293 g/mol. The van der Waals surface area contributed by atoms with Gasteiger partial charge in [0.15, 0.2) is 0 Å². The number of hydrogen-bond acceptors (Lipinski definition) is 3. The fourth-order valence-electron chi connectivity index (χ4n) is 0.795. The molecule has 0 unspecified atom stereocenters. The second kappa shape index (κ2) is 13.6. The van der Waals surface area contributed by atoms with Gasteiger partial charge in [0, 0.05) is 0 Å². The van der Waals surface area contributed by atoms with Gasteiger partial charge in [-0.25, -0.2) is 4.79 Å². The molecule has 8 heteroatoms. The van der Waals surface area contributed by atoms with Crippen LogP contribution in [0, 0.1) is 0 Å². The number of hydrogen-bond donors (Lipinski definition) is 3. The van der Waals surface area contributed by atoms with Crippen LogP contribution in [0.25, 0.3) is 0 Å². The Hall–Kier alpha value is -0.838. The van der Waals surface area contributed by atoms with Crippen LogP contribution in [0.3, 0.4) is 0 Å². The summed E-state index contributed by atoms with van der Waals surface area (Å²) in [6, 6.07) is 8.30. The van der Waals surface area contributed by atoms with E-state index < -0.39 is 17.9 Å². The minimum absolute atomic E-state index is 0. The van der Waals surface area contributed by atoms with E-state index in [2.05, 4.69) is 0 Å². The summed E-state index contributed by atoms with van der Waals surface area (Å²) in [7, 11) is 0. The minimum atomic E-state index is -1.08. The zero-order valence-corrected chi connectivity index (χ0v) is 13.1. The summed E-state index contributed by atoms with van der Waals surface area (Å²) in [5.41, 5.74) is 0.331. The summed E-state index contributed by atoms with van der Waals surface area (Å²) in [5.74, 6) is -3.03. The van der Waals surface area contributed by atoms with E-state index in [9.17, 15) is 14.4 Å². The molecule has 100 valence electrons. The van der Waals surface area contributed by atoms with Crippen molar-refractivity contribution in [3.05, 3.63) is 35.9 Å². The van der Waals surface area contributed by atoms with E-state index >= 15 is 0 Å². The number of carboxylic acids is 3. The third-order valence-electron chi connectivity index (χ3n) is 1.57. The molecule has 0 bridgehead atoms. The molecule has 0 saturated heterocycles. The first-order valence-corrected chi connectivity index (χ1v) is 4.65. The largest absolute Gasteiger partial charge is 2.00 e. The second-order valence-corrected chi connectivity index (χ2v) is 2.96. The second-order valence-electron chi connectivity index (χ2n) is 2.96. The third-order valence-corrected chi connectivity index (χ3v) is 1.57. The molecule has 0 aliphatic rings. The van der Waals surface area contributed by atoms with E-state index in [0.717, 1.165) is 0 Å². The fraction of sp³-hybridized carbons (Fsp3) is 0.182. The van der Waals surface area contributed by atoms with Gasteiger partial charge in [0.05, 0.1) is 18.4 Å². The van der Waals surface area contributed by atoms with Crippen molar-refractivity contribution in [2.45, 2.75) is 12.8 Å². The first kappa shape index (κ1) is 23.3. The van der Waals surface area contributed by atoms with E-state index in [1.165, 1.54) is 0 Å². The van der Waals surface area contributed by atoms with Crippen molar-refractivity contribution < 1.29 is 35.4 Å². The fourth-order valence-corrected chi connectivity index (χ4v) is 0.795. The van der Waals surface area contributed by atoms with E-state index in [4.69, 9.17) is 15.3 Å². The SMILES string of the molecule is O=C(O)CCC(=O)O.O=C(O)c1ccccc1.[H-].[H-].[H-].[H-].[Mg+2].[Mg+2]. The van der Waals surface area contributed by atoms with Crippen LogP contribution in [0.15, 0.2) is 30.3 Å². The molecule has 0 aliphatic carbocycles. The van der Waals surface area contributed by atoms with Crippen LogP contribution in [0.1, 0.15) is 28.9 Å². The Bertz CT molecular complexity index is 395. The number of benzene rings is 1. The van der Waals surface area contributed by atoms with Gasteiger partial charge in [-0.15, -0.1) is 0 Å². The van der Waals surface area contributed by atoms with Crippen LogP contribution in [0.5, 0.6) is 0 Å². The van der Waals surface area contributed by atoms with Gasteiger partial charge in [-0.05, 0) is 12.1 Å². The van der Waals surface area contributed by atoms with Crippen LogP contribution < -0.4 is 0 Å². The molecule has 0 atom stereocenters. The van der Waals surface area contributed by atoms with Crippen LogP contribution >= 0.6 is 0 Å². The minimum Gasteiger partial charge on any atom is -1.00 e. The Morgan fingerprint density at radius 3 is 1.42 bits per heavy atom. The molecule has 0 heterocycles. The smallest absolute Gasteiger partial charge is 1.00 e. The molecule has 6 nitrogen and oxygen atoms in total. The van der Waals surface area contributed by atoms with Gasteiger partial charge >= 0.3 is 64.0 Å². The maximum Gasteiger partial charge on any atom is 2.00 e. The molecular formula is C11H16Mg2O6. The molecule has 0 radical (unpaired) electrons. The number of carboxylic acid groups (broad SMARTS) is 3. The van der Waals surface area contributed by atoms with Crippen molar-refractivity contribution in [1.82, 2.24) is 0 Å². The Morgan fingerprint density at radius 1 is 0.842 bits per heavy atom. The van der Waals surface area contributed by atoms with Crippen molar-refractivity contribution in [3.8, 4) is 0 Å². The summed E-state index contributed by atoms with van der Waals surface area (Å²) >= 11 is 0. The molecule has 0 spiro atoms. The van der Waals surface area contributed by atoms with Gasteiger partial charge in [-0.1, -0.05) is 18.2 Å².